The summed E-state index contributed by atoms with van der Waals surface area (Å²) in [6, 6.07) is 11.8. The van der Waals surface area contributed by atoms with E-state index < -0.39 is 6.10 Å². The van der Waals surface area contributed by atoms with Gasteiger partial charge in [-0.15, -0.1) is 11.3 Å². The molecule has 0 fully saturated rings. The molecule has 20 heavy (non-hydrogen) atoms. The zero-order valence-electron chi connectivity index (χ0n) is 11.9. The number of aliphatic hydroxyl groups is 1. The van der Waals surface area contributed by atoms with Crippen LogP contribution in [0.1, 0.15) is 34.3 Å². The van der Waals surface area contributed by atoms with Gasteiger partial charge in [-0.1, -0.05) is 12.1 Å². The van der Waals surface area contributed by atoms with E-state index >= 15 is 0 Å². The zero-order chi connectivity index (χ0) is 14.5. The molecular formula is C16H21NO2S. The van der Waals surface area contributed by atoms with Crippen molar-refractivity contribution in [1.29, 1.82) is 0 Å². The highest BCUT2D eigenvalue weighted by molar-refractivity contribution is 7.12. The SMILES string of the molecule is CCOc1ccc(C(CN)C(O)c2ccc(C)s2)cc1. The minimum absolute atomic E-state index is 0.0938. The zero-order valence-corrected chi connectivity index (χ0v) is 12.7. The summed E-state index contributed by atoms with van der Waals surface area (Å²) in [7, 11) is 0. The molecule has 0 radical (unpaired) electrons. The molecular weight excluding hydrogens is 270 g/mol. The summed E-state index contributed by atoms with van der Waals surface area (Å²) in [5, 5.41) is 10.5. The molecule has 2 atom stereocenters. The van der Waals surface area contributed by atoms with Gasteiger partial charge in [0.1, 0.15) is 5.75 Å². The number of rotatable bonds is 6. The summed E-state index contributed by atoms with van der Waals surface area (Å²) in [5.41, 5.74) is 6.90. The summed E-state index contributed by atoms with van der Waals surface area (Å²) in [6.45, 7) is 5.05. The Hall–Kier alpha value is -1.36. The first-order chi connectivity index (χ1) is 9.65. The molecule has 1 heterocycles. The molecule has 3 N–H and O–H groups in total. The van der Waals surface area contributed by atoms with Gasteiger partial charge in [0, 0.05) is 22.2 Å². The molecule has 1 aromatic carbocycles. The first-order valence-electron chi connectivity index (χ1n) is 6.83. The normalized spacial score (nSPS) is 14.0. The van der Waals surface area contributed by atoms with Gasteiger partial charge in [0.25, 0.3) is 0 Å². The van der Waals surface area contributed by atoms with Crippen LogP contribution in [0.5, 0.6) is 5.75 Å². The molecule has 2 rings (SSSR count). The monoisotopic (exact) mass is 291 g/mol. The standard InChI is InChI=1S/C16H21NO2S/c1-3-19-13-7-5-12(6-8-13)14(10-17)16(18)15-9-4-11(2)20-15/h4-9,14,16,18H,3,10,17H2,1-2H3. The van der Waals surface area contributed by atoms with Crippen LogP contribution < -0.4 is 10.5 Å². The topological polar surface area (TPSA) is 55.5 Å². The lowest BCUT2D eigenvalue weighted by Crippen LogP contribution is -2.19. The molecule has 0 saturated heterocycles. The van der Waals surface area contributed by atoms with Crippen molar-refractivity contribution in [3.63, 3.8) is 0 Å². The number of ether oxygens (including phenoxy) is 1. The molecule has 4 heteroatoms. The van der Waals surface area contributed by atoms with Gasteiger partial charge in [0.05, 0.1) is 12.7 Å². The molecule has 0 aliphatic rings. The van der Waals surface area contributed by atoms with Crippen LogP contribution in [0.4, 0.5) is 0 Å². The number of nitrogens with two attached hydrogens (primary N) is 1. The van der Waals surface area contributed by atoms with Gasteiger partial charge in [-0.25, -0.2) is 0 Å². The van der Waals surface area contributed by atoms with Gasteiger partial charge >= 0.3 is 0 Å². The first-order valence-corrected chi connectivity index (χ1v) is 7.64. The fourth-order valence-electron chi connectivity index (χ4n) is 2.24. The largest absolute Gasteiger partial charge is 0.494 e. The van der Waals surface area contributed by atoms with Crippen molar-refractivity contribution in [1.82, 2.24) is 0 Å². The molecule has 0 amide bonds. The molecule has 0 saturated carbocycles. The van der Waals surface area contributed by atoms with Crippen molar-refractivity contribution in [2.45, 2.75) is 25.9 Å². The maximum Gasteiger partial charge on any atom is 0.119 e. The number of aryl methyl sites for hydroxylation is 1. The van der Waals surface area contributed by atoms with Gasteiger partial charge < -0.3 is 15.6 Å². The molecule has 0 aliphatic heterocycles. The number of hydrogen-bond acceptors (Lipinski definition) is 4. The smallest absolute Gasteiger partial charge is 0.119 e. The predicted molar refractivity (Wildman–Crippen MR) is 83.4 cm³/mol. The quantitative estimate of drug-likeness (QED) is 0.859. The van der Waals surface area contributed by atoms with Crippen molar-refractivity contribution in [2.75, 3.05) is 13.2 Å². The Morgan fingerprint density at radius 1 is 1.20 bits per heavy atom. The highest BCUT2D eigenvalue weighted by Crippen LogP contribution is 2.34. The fourth-order valence-corrected chi connectivity index (χ4v) is 3.16. The highest BCUT2D eigenvalue weighted by atomic mass is 32.1. The van der Waals surface area contributed by atoms with Gasteiger partial charge in [0.2, 0.25) is 0 Å². The predicted octanol–water partition coefficient (Wildman–Crippen LogP) is 3.23. The van der Waals surface area contributed by atoms with E-state index in [9.17, 15) is 5.11 Å². The van der Waals surface area contributed by atoms with Crippen molar-refractivity contribution >= 4 is 11.3 Å². The van der Waals surface area contributed by atoms with Crippen LogP contribution in [0, 0.1) is 6.92 Å². The molecule has 0 aliphatic carbocycles. The third kappa shape index (κ3) is 3.39. The van der Waals surface area contributed by atoms with Crippen LogP contribution in [0.3, 0.4) is 0 Å². The van der Waals surface area contributed by atoms with Gasteiger partial charge in [-0.05, 0) is 43.7 Å². The van der Waals surface area contributed by atoms with E-state index in [1.807, 2.05) is 50.2 Å². The lowest BCUT2D eigenvalue weighted by atomic mass is 9.92. The second-order valence-electron chi connectivity index (χ2n) is 4.74. The average Bonchev–Trinajstić information content (AvgIpc) is 2.88. The van der Waals surface area contributed by atoms with E-state index in [0.29, 0.717) is 13.2 Å². The van der Waals surface area contributed by atoms with E-state index in [2.05, 4.69) is 0 Å². The summed E-state index contributed by atoms with van der Waals surface area (Å²) in [4.78, 5) is 2.16. The Morgan fingerprint density at radius 2 is 1.90 bits per heavy atom. The van der Waals surface area contributed by atoms with Crippen molar-refractivity contribution < 1.29 is 9.84 Å². The van der Waals surface area contributed by atoms with Gasteiger partial charge in [-0.2, -0.15) is 0 Å². The Bertz CT molecular complexity index is 536. The third-order valence-electron chi connectivity index (χ3n) is 3.31. The number of thiophene rings is 1. The molecule has 1 aromatic heterocycles. The molecule has 0 spiro atoms. The molecule has 2 unspecified atom stereocenters. The van der Waals surface area contributed by atoms with Crippen LogP contribution >= 0.6 is 11.3 Å². The minimum atomic E-state index is -0.559. The lowest BCUT2D eigenvalue weighted by molar-refractivity contribution is 0.151. The van der Waals surface area contributed by atoms with E-state index in [-0.39, 0.29) is 5.92 Å². The lowest BCUT2D eigenvalue weighted by Gasteiger charge is -2.21. The van der Waals surface area contributed by atoms with Crippen LogP contribution in [0.2, 0.25) is 0 Å². The molecule has 3 nitrogen and oxygen atoms in total. The van der Waals surface area contributed by atoms with Crippen LogP contribution in [-0.4, -0.2) is 18.3 Å². The second kappa shape index (κ2) is 6.88. The second-order valence-corrected chi connectivity index (χ2v) is 6.06. The number of hydrogen-bond donors (Lipinski definition) is 2. The Labute approximate surface area is 124 Å². The van der Waals surface area contributed by atoms with Crippen LogP contribution in [0.15, 0.2) is 36.4 Å². The van der Waals surface area contributed by atoms with E-state index in [0.717, 1.165) is 16.2 Å². The van der Waals surface area contributed by atoms with Crippen LogP contribution in [-0.2, 0) is 0 Å². The van der Waals surface area contributed by atoms with Crippen molar-refractivity contribution in [3.05, 3.63) is 51.7 Å². The number of benzene rings is 1. The van der Waals surface area contributed by atoms with Crippen molar-refractivity contribution in [3.8, 4) is 5.75 Å². The molecule has 2 aromatic rings. The van der Waals surface area contributed by atoms with Gasteiger partial charge in [0.15, 0.2) is 0 Å². The summed E-state index contributed by atoms with van der Waals surface area (Å²) in [5.74, 6) is 0.747. The van der Waals surface area contributed by atoms with E-state index in [1.54, 1.807) is 11.3 Å². The highest BCUT2D eigenvalue weighted by Gasteiger charge is 2.22. The van der Waals surface area contributed by atoms with E-state index in [4.69, 9.17) is 10.5 Å². The maximum absolute atomic E-state index is 10.5. The molecule has 108 valence electrons. The minimum Gasteiger partial charge on any atom is -0.494 e. The number of aliphatic hydroxyl groups excluding tert-OH is 1. The first kappa shape index (κ1) is 15.0. The summed E-state index contributed by atoms with van der Waals surface area (Å²) in [6.07, 6.45) is -0.559. The Morgan fingerprint density at radius 3 is 2.40 bits per heavy atom. The summed E-state index contributed by atoms with van der Waals surface area (Å²) >= 11 is 1.62. The average molecular weight is 291 g/mol. The van der Waals surface area contributed by atoms with Crippen LogP contribution in [0.25, 0.3) is 0 Å². The maximum atomic E-state index is 10.5. The van der Waals surface area contributed by atoms with Crippen molar-refractivity contribution in [2.24, 2.45) is 5.73 Å². The molecule has 0 bridgehead atoms. The summed E-state index contributed by atoms with van der Waals surface area (Å²) < 4.78 is 5.43. The fraction of sp³-hybridized carbons (Fsp3) is 0.375. The van der Waals surface area contributed by atoms with E-state index in [1.165, 1.54) is 4.88 Å². The Balaban J connectivity index is 2.18. The Kier molecular flexibility index (Phi) is 5.17. The third-order valence-corrected chi connectivity index (χ3v) is 4.38. The van der Waals surface area contributed by atoms with Gasteiger partial charge in [-0.3, -0.25) is 0 Å².